The molecular formula is C21H18N2O7. The first-order valence-electron chi connectivity index (χ1n) is 9.14. The Morgan fingerprint density at radius 3 is 2.40 bits per heavy atom. The van der Waals surface area contributed by atoms with Gasteiger partial charge in [0, 0.05) is 18.2 Å². The van der Waals surface area contributed by atoms with Crippen LogP contribution in [0.4, 0.5) is 5.69 Å². The summed E-state index contributed by atoms with van der Waals surface area (Å²) in [5.41, 5.74) is 0.549. The maximum Gasteiger partial charge on any atom is 0.308 e. The zero-order valence-electron chi connectivity index (χ0n) is 16.3. The van der Waals surface area contributed by atoms with Gasteiger partial charge in [0.1, 0.15) is 5.56 Å². The molecule has 0 aromatic heterocycles. The average Bonchev–Trinajstić information content (AvgIpc) is 2.96. The number of imide groups is 1. The monoisotopic (exact) mass is 410 g/mol. The lowest BCUT2D eigenvalue weighted by Crippen LogP contribution is -2.33. The quantitative estimate of drug-likeness (QED) is 0.226. The number of fused-ring (bicyclic) bond motifs is 1. The number of amides is 2. The summed E-state index contributed by atoms with van der Waals surface area (Å²) in [6.45, 7) is 3.00. The summed E-state index contributed by atoms with van der Waals surface area (Å²) in [7, 11) is 0. The summed E-state index contributed by atoms with van der Waals surface area (Å²) in [4.78, 5) is 60.5. The summed E-state index contributed by atoms with van der Waals surface area (Å²) in [5.74, 6) is -2.69. The fraction of sp³-hybridized carbons (Fsp3) is 0.238. The van der Waals surface area contributed by atoms with E-state index >= 15 is 0 Å². The predicted octanol–water partition coefficient (Wildman–Crippen LogP) is 2.70. The standard InChI is InChI=1S/C21H18N2O7/c1-12-6-8-14(9-7-12)19(25)13(2)30-17(24)10-11-22-20(26)15-4-3-5-16(23(28)29)18(15)21(22)27/h3-9,13H,10-11H2,1-2H3/t13-/m1/s1. The van der Waals surface area contributed by atoms with Crippen molar-refractivity contribution in [1.82, 2.24) is 4.90 Å². The van der Waals surface area contributed by atoms with Gasteiger partial charge in [0.15, 0.2) is 6.10 Å². The number of nitrogens with zero attached hydrogens (tertiary/aromatic N) is 2. The van der Waals surface area contributed by atoms with Gasteiger partial charge in [-0.2, -0.15) is 0 Å². The van der Waals surface area contributed by atoms with E-state index in [1.54, 1.807) is 24.3 Å². The minimum Gasteiger partial charge on any atom is -0.454 e. The number of benzene rings is 2. The first kappa shape index (κ1) is 20.8. The molecule has 2 aromatic carbocycles. The molecule has 0 aliphatic carbocycles. The third kappa shape index (κ3) is 3.95. The van der Waals surface area contributed by atoms with Gasteiger partial charge in [0.2, 0.25) is 5.78 Å². The topological polar surface area (TPSA) is 124 Å². The number of Topliss-reactive ketones (excluding diaryl/α,β-unsaturated/α-hetero) is 1. The second kappa shape index (κ2) is 8.24. The molecule has 0 bridgehead atoms. The van der Waals surface area contributed by atoms with E-state index in [0.29, 0.717) is 5.56 Å². The second-order valence-electron chi connectivity index (χ2n) is 6.83. The predicted molar refractivity (Wildman–Crippen MR) is 104 cm³/mol. The van der Waals surface area contributed by atoms with E-state index in [9.17, 15) is 29.3 Å². The number of hydrogen-bond acceptors (Lipinski definition) is 7. The van der Waals surface area contributed by atoms with E-state index in [1.807, 2.05) is 6.92 Å². The second-order valence-corrected chi connectivity index (χ2v) is 6.83. The van der Waals surface area contributed by atoms with Crippen molar-refractivity contribution in [3.8, 4) is 0 Å². The summed E-state index contributed by atoms with van der Waals surface area (Å²) in [6.07, 6.45) is -1.38. The van der Waals surface area contributed by atoms with Crippen molar-refractivity contribution in [3.05, 3.63) is 74.8 Å². The molecule has 1 atom stereocenters. The fourth-order valence-electron chi connectivity index (χ4n) is 3.14. The van der Waals surface area contributed by atoms with Crippen molar-refractivity contribution in [2.24, 2.45) is 0 Å². The molecule has 9 nitrogen and oxygen atoms in total. The molecule has 2 amide bonds. The van der Waals surface area contributed by atoms with E-state index in [1.165, 1.54) is 19.1 Å². The summed E-state index contributed by atoms with van der Waals surface area (Å²) >= 11 is 0. The van der Waals surface area contributed by atoms with Gasteiger partial charge < -0.3 is 4.74 Å². The molecule has 1 heterocycles. The van der Waals surface area contributed by atoms with Crippen molar-refractivity contribution < 1.29 is 28.8 Å². The van der Waals surface area contributed by atoms with Crippen molar-refractivity contribution in [2.75, 3.05) is 6.54 Å². The van der Waals surface area contributed by atoms with Crippen LogP contribution in [0.3, 0.4) is 0 Å². The van der Waals surface area contributed by atoms with Gasteiger partial charge in [-0.15, -0.1) is 0 Å². The minimum absolute atomic E-state index is 0.0783. The molecule has 0 unspecified atom stereocenters. The van der Waals surface area contributed by atoms with Crippen LogP contribution in [0.1, 0.15) is 50.0 Å². The third-order valence-corrected chi connectivity index (χ3v) is 4.73. The lowest BCUT2D eigenvalue weighted by Gasteiger charge is -2.15. The largest absolute Gasteiger partial charge is 0.454 e. The molecule has 154 valence electrons. The van der Waals surface area contributed by atoms with E-state index in [4.69, 9.17) is 4.74 Å². The molecule has 9 heteroatoms. The van der Waals surface area contributed by atoms with E-state index in [2.05, 4.69) is 0 Å². The molecule has 30 heavy (non-hydrogen) atoms. The van der Waals surface area contributed by atoms with Crippen molar-refractivity contribution >= 4 is 29.3 Å². The number of rotatable bonds is 7. The van der Waals surface area contributed by atoms with Gasteiger partial charge >= 0.3 is 5.97 Å². The highest BCUT2D eigenvalue weighted by Crippen LogP contribution is 2.30. The minimum atomic E-state index is -1.04. The number of nitro groups is 1. The third-order valence-electron chi connectivity index (χ3n) is 4.73. The molecule has 1 aliphatic heterocycles. The molecule has 0 saturated heterocycles. The van der Waals surface area contributed by atoms with Crippen molar-refractivity contribution in [3.63, 3.8) is 0 Å². The molecule has 0 N–H and O–H groups in total. The summed E-state index contributed by atoms with van der Waals surface area (Å²) in [6, 6.07) is 10.6. The van der Waals surface area contributed by atoms with E-state index in [-0.39, 0.29) is 29.9 Å². The number of ketones is 1. The number of carbonyl (C=O) groups excluding carboxylic acids is 4. The van der Waals surface area contributed by atoms with E-state index in [0.717, 1.165) is 16.5 Å². The van der Waals surface area contributed by atoms with Gasteiger partial charge in [-0.3, -0.25) is 34.2 Å². The Bertz CT molecular complexity index is 1060. The zero-order valence-corrected chi connectivity index (χ0v) is 16.3. The highest BCUT2D eigenvalue weighted by Gasteiger charge is 2.40. The Balaban J connectivity index is 1.62. The maximum atomic E-state index is 12.5. The Morgan fingerprint density at radius 2 is 1.77 bits per heavy atom. The van der Waals surface area contributed by atoms with Crippen molar-refractivity contribution in [2.45, 2.75) is 26.4 Å². The fourth-order valence-corrected chi connectivity index (χ4v) is 3.14. The molecular weight excluding hydrogens is 392 g/mol. The van der Waals surface area contributed by atoms with Crippen molar-refractivity contribution in [1.29, 1.82) is 0 Å². The molecule has 0 spiro atoms. The number of aryl methyl sites for hydroxylation is 1. The highest BCUT2D eigenvalue weighted by atomic mass is 16.6. The molecule has 1 aliphatic rings. The van der Waals surface area contributed by atoms with Crippen LogP contribution in [-0.2, 0) is 9.53 Å². The molecule has 0 fully saturated rings. The number of hydrogen-bond donors (Lipinski definition) is 0. The lowest BCUT2D eigenvalue weighted by molar-refractivity contribution is -0.385. The number of esters is 1. The van der Waals surface area contributed by atoms with Crippen LogP contribution >= 0.6 is 0 Å². The number of carbonyl (C=O) groups is 4. The summed E-state index contributed by atoms with van der Waals surface area (Å²) < 4.78 is 5.12. The normalized spacial score (nSPS) is 13.7. The van der Waals surface area contributed by atoms with Gasteiger partial charge in [-0.25, -0.2) is 0 Å². The van der Waals surface area contributed by atoms with Crippen LogP contribution < -0.4 is 0 Å². The SMILES string of the molecule is Cc1ccc(C(=O)[C@@H](C)OC(=O)CCN2C(=O)c3cccc([N+](=O)[O-])c3C2=O)cc1. The average molecular weight is 410 g/mol. The van der Waals surface area contributed by atoms with Crippen LogP contribution in [0, 0.1) is 17.0 Å². The van der Waals surface area contributed by atoms with Crippen LogP contribution in [0.2, 0.25) is 0 Å². The maximum absolute atomic E-state index is 12.5. The van der Waals surface area contributed by atoms with Crippen LogP contribution in [0.5, 0.6) is 0 Å². The molecule has 0 saturated carbocycles. The first-order chi connectivity index (χ1) is 14.2. The zero-order chi connectivity index (χ0) is 22.0. The Labute approximate surface area is 171 Å². The van der Waals surface area contributed by atoms with Crippen LogP contribution in [0.15, 0.2) is 42.5 Å². The Hall–Kier alpha value is -3.88. The Morgan fingerprint density at radius 1 is 1.10 bits per heavy atom. The molecule has 0 radical (unpaired) electrons. The van der Waals surface area contributed by atoms with Gasteiger partial charge in [-0.05, 0) is 19.9 Å². The molecule has 3 rings (SSSR count). The number of ether oxygens (including phenoxy) is 1. The van der Waals surface area contributed by atoms with Gasteiger partial charge in [-0.1, -0.05) is 35.9 Å². The summed E-state index contributed by atoms with van der Waals surface area (Å²) in [5, 5.41) is 11.1. The number of nitro benzene ring substituents is 1. The van der Waals surface area contributed by atoms with E-state index < -0.39 is 34.5 Å². The smallest absolute Gasteiger partial charge is 0.308 e. The highest BCUT2D eigenvalue weighted by molar-refractivity contribution is 6.23. The van der Waals surface area contributed by atoms with Crippen LogP contribution in [0.25, 0.3) is 0 Å². The van der Waals surface area contributed by atoms with Gasteiger partial charge in [0.25, 0.3) is 17.5 Å². The van der Waals surface area contributed by atoms with Crippen LogP contribution in [-0.4, -0.2) is 46.0 Å². The first-order valence-corrected chi connectivity index (χ1v) is 9.14. The van der Waals surface area contributed by atoms with Gasteiger partial charge in [0.05, 0.1) is 16.9 Å². The molecule has 2 aromatic rings. The Kier molecular flexibility index (Phi) is 5.72. The lowest BCUT2D eigenvalue weighted by atomic mass is 10.1.